The Morgan fingerprint density at radius 2 is 2.00 bits per heavy atom. The van der Waals surface area contributed by atoms with E-state index in [0.717, 1.165) is 0 Å². The van der Waals surface area contributed by atoms with Gasteiger partial charge in [0, 0.05) is 21.1 Å². The Balaban J connectivity index is 3.25. The lowest BCUT2D eigenvalue weighted by molar-refractivity contribution is 0.233. The number of hydrogen-bond donors (Lipinski definition) is 3. The number of aliphatic hydroxyl groups excluding tert-OH is 1. The lowest BCUT2D eigenvalue weighted by Gasteiger charge is -2.29. The van der Waals surface area contributed by atoms with Crippen molar-refractivity contribution in [3.8, 4) is 0 Å². The predicted octanol–water partition coefficient (Wildman–Crippen LogP) is 2.62. The third kappa shape index (κ3) is 4.17. The zero-order valence-corrected chi connectivity index (χ0v) is 15.3. The molecule has 0 aliphatic heterocycles. The van der Waals surface area contributed by atoms with Crippen molar-refractivity contribution in [3.63, 3.8) is 0 Å². The van der Waals surface area contributed by atoms with E-state index in [1.807, 2.05) is 6.92 Å². The molecule has 1 aromatic carbocycles. The van der Waals surface area contributed by atoms with Gasteiger partial charge in [-0.1, -0.05) is 22.9 Å². The summed E-state index contributed by atoms with van der Waals surface area (Å²) in [7, 11) is -3.78. The number of nitrogen functional groups attached to an aromatic ring is 1. The van der Waals surface area contributed by atoms with Crippen LogP contribution in [0.2, 0.25) is 0 Å². The Kier molecular flexibility index (Phi) is 6.03. The number of nitrogens with one attached hydrogen (secondary N) is 1. The number of benzene rings is 1. The molecule has 4 N–H and O–H groups in total. The quantitative estimate of drug-likeness (QED) is 0.606. The van der Waals surface area contributed by atoms with Crippen LogP contribution in [0, 0.1) is 0 Å². The van der Waals surface area contributed by atoms with E-state index >= 15 is 0 Å². The molecular formula is C12H18Br2N2O3S. The molecule has 0 amide bonds. The topological polar surface area (TPSA) is 92.4 Å². The number of sulfonamides is 1. The summed E-state index contributed by atoms with van der Waals surface area (Å²) in [6.07, 6.45) is 0.887. The van der Waals surface area contributed by atoms with Crippen LogP contribution in [-0.2, 0) is 10.0 Å². The Labute approximate surface area is 136 Å². The molecule has 0 aliphatic carbocycles. The van der Waals surface area contributed by atoms with Gasteiger partial charge in [-0.3, -0.25) is 0 Å². The van der Waals surface area contributed by atoms with Crippen LogP contribution in [-0.4, -0.2) is 25.7 Å². The molecule has 0 spiro atoms. The maximum Gasteiger partial charge on any atom is 0.244 e. The number of anilines is 1. The summed E-state index contributed by atoms with van der Waals surface area (Å²) >= 11 is 6.48. The van der Waals surface area contributed by atoms with Crippen molar-refractivity contribution in [2.24, 2.45) is 0 Å². The first-order valence-corrected chi connectivity index (χ1v) is 9.11. The van der Waals surface area contributed by atoms with E-state index in [2.05, 4.69) is 36.6 Å². The van der Waals surface area contributed by atoms with Crippen LogP contribution in [0.15, 0.2) is 26.0 Å². The fraction of sp³-hybridized carbons (Fsp3) is 0.500. The van der Waals surface area contributed by atoms with E-state index in [0.29, 0.717) is 21.8 Å². The third-order valence-corrected chi connectivity index (χ3v) is 6.23. The van der Waals surface area contributed by atoms with E-state index in [-0.39, 0.29) is 17.2 Å². The van der Waals surface area contributed by atoms with Gasteiger partial charge in [-0.25, -0.2) is 13.1 Å². The van der Waals surface area contributed by atoms with E-state index in [9.17, 15) is 8.42 Å². The minimum atomic E-state index is -3.78. The minimum Gasteiger partial charge on any atom is -0.398 e. The Hall–Kier alpha value is -0.150. The molecule has 1 atom stereocenters. The smallest absolute Gasteiger partial charge is 0.244 e. The summed E-state index contributed by atoms with van der Waals surface area (Å²) in [6.45, 7) is 3.52. The van der Waals surface area contributed by atoms with E-state index in [4.69, 9.17) is 10.8 Å². The number of hydrogen-bond acceptors (Lipinski definition) is 4. The molecule has 0 aromatic heterocycles. The standard InChI is InChI=1S/C12H18Br2N2O3S/c1-3-12(2,4-5-17)16-20(18,19)11-9(14)6-8(13)7-10(11)15/h6-7,16-17H,3-5,15H2,1-2H3. The maximum absolute atomic E-state index is 12.5. The second kappa shape index (κ2) is 6.74. The SMILES string of the molecule is CCC(C)(CCO)NS(=O)(=O)c1c(N)cc(Br)cc1Br. The minimum absolute atomic E-state index is 0.0123. The highest BCUT2D eigenvalue weighted by Crippen LogP contribution is 2.32. The molecule has 20 heavy (non-hydrogen) atoms. The third-order valence-electron chi connectivity index (χ3n) is 3.13. The summed E-state index contributed by atoms with van der Waals surface area (Å²) in [5, 5.41) is 9.07. The largest absolute Gasteiger partial charge is 0.398 e. The first-order valence-electron chi connectivity index (χ1n) is 6.04. The molecule has 0 saturated heterocycles. The fourth-order valence-electron chi connectivity index (χ4n) is 1.79. The zero-order chi connectivity index (χ0) is 15.6. The Morgan fingerprint density at radius 3 is 2.45 bits per heavy atom. The lowest BCUT2D eigenvalue weighted by Crippen LogP contribution is -2.46. The van der Waals surface area contributed by atoms with Crippen molar-refractivity contribution in [2.45, 2.75) is 37.1 Å². The average Bonchev–Trinajstić information content (AvgIpc) is 2.26. The molecule has 0 heterocycles. The molecule has 1 unspecified atom stereocenters. The fourth-order valence-corrected chi connectivity index (χ4v) is 5.37. The first-order chi connectivity index (χ1) is 9.15. The van der Waals surface area contributed by atoms with Gasteiger partial charge in [0.15, 0.2) is 0 Å². The Morgan fingerprint density at radius 1 is 1.40 bits per heavy atom. The molecular weight excluding hydrogens is 412 g/mol. The predicted molar refractivity (Wildman–Crippen MR) is 87.0 cm³/mol. The molecule has 8 heteroatoms. The normalized spacial score (nSPS) is 15.1. The van der Waals surface area contributed by atoms with Gasteiger partial charge < -0.3 is 10.8 Å². The van der Waals surface area contributed by atoms with Gasteiger partial charge in [0.05, 0.1) is 5.69 Å². The van der Waals surface area contributed by atoms with Crippen LogP contribution in [0.25, 0.3) is 0 Å². The maximum atomic E-state index is 12.5. The highest BCUT2D eigenvalue weighted by atomic mass is 79.9. The van der Waals surface area contributed by atoms with Gasteiger partial charge in [0.2, 0.25) is 10.0 Å². The van der Waals surface area contributed by atoms with Crippen LogP contribution >= 0.6 is 31.9 Å². The van der Waals surface area contributed by atoms with E-state index < -0.39 is 15.6 Å². The average molecular weight is 430 g/mol. The zero-order valence-electron chi connectivity index (χ0n) is 11.3. The molecule has 0 fully saturated rings. The summed E-state index contributed by atoms with van der Waals surface area (Å²) < 4.78 is 28.7. The molecule has 114 valence electrons. The van der Waals surface area contributed by atoms with Gasteiger partial charge in [0.25, 0.3) is 0 Å². The van der Waals surface area contributed by atoms with E-state index in [1.54, 1.807) is 13.0 Å². The molecule has 5 nitrogen and oxygen atoms in total. The van der Waals surface area contributed by atoms with Crippen LogP contribution in [0.1, 0.15) is 26.7 Å². The number of nitrogens with two attached hydrogens (primary N) is 1. The first kappa shape index (κ1) is 17.9. The van der Waals surface area contributed by atoms with Crippen molar-refractivity contribution in [2.75, 3.05) is 12.3 Å². The van der Waals surface area contributed by atoms with Crippen LogP contribution in [0.3, 0.4) is 0 Å². The van der Waals surface area contributed by atoms with Gasteiger partial charge in [-0.15, -0.1) is 0 Å². The van der Waals surface area contributed by atoms with Crippen molar-refractivity contribution >= 4 is 47.6 Å². The number of halogens is 2. The molecule has 0 saturated carbocycles. The second-order valence-electron chi connectivity index (χ2n) is 4.80. The summed E-state index contributed by atoms with van der Waals surface area (Å²) in [5.41, 5.74) is 5.25. The van der Waals surface area contributed by atoms with Crippen LogP contribution < -0.4 is 10.5 Å². The van der Waals surface area contributed by atoms with Gasteiger partial charge in [0.1, 0.15) is 4.90 Å². The molecule has 0 aliphatic rings. The Bertz CT molecular complexity index is 569. The van der Waals surface area contributed by atoms with Gasteiger partial charge >= 0.3 is 0 Å². The highest BCUT2D eigenvalue weighted by Gasteiger charge is 2.31. The lowest BCUT2D eigenvalue weighted by atomic mass is 9.97. The monoisotopic (exact) mass is 428 g/mol. The van der Waals surface area contributed by atoms with E-state index in [1.165, 1.54) is 6.07 Å². The van der Waals surface area contributed by atoms with Crippen molar-refractivity contribution in [3.05, 3.63) is 21.1 Å². The number of aliphatic hydroxyl groups is 1. The van der Waals surface area contributed by atoms with Crippen LogP contribution in [0.4, 0.5) is 5.69 Å². The van der Waals surface area contributed by atoms with Crippen molar-refractivity contribution in [1.82, 2.24) is 4.72 Å². The van der Waals surface area contributed by atoms with Gasteiger partial charge in [-0.05, 0) is 47.8 Å². The molecule has 1 rings (SSSR count). The molecule has 0 bridgehead atoms. The summed E-state index contributed by atoms with van der Waals surface area (Å²) in [4.78, 5) is 0.0123. The van der Waals surface area contributed by atoms with Gasteiger partial charge in [-0.2, -0.15) is 0 Å². The van der Waals surface area contributed by atoms with Crippen molar-refractivity contribution in [1.29, 1.82) is 0 Å². The summed E-state index contributed by atoms with van der Waals surface area (Å²) in [5.74, 6) is 0. The van der Waals surface area contributed by atoms with Crippen LogP contribution in [0.5, 0.6) is 0 Å². The molecule has 1 aromatic rings. The highest BCUT2D eigenvalue weighted by molar-refractivity contribution is 9.11. The number of rotatable bonds is 6. The summed E-state index contributed by atoms with van der Waals surface area (Å²) in [6, 6.07) is 3.16. The van der Waals surface area contributed by atoms with Crippen molar-refractivity contribution < 1.29 is 13.5 Å². The molecule has 0 radical (unpaired) electrons. The second-order valence-corrected chi connectivity index (χ2v) is 8.19.